The van der Waals surface area contributed by atoms with E-state index in [-0.39, 0.29) is 0 Å². The van der Waals surface area contributed by atoms with E-state index < -0.39 is 0 Å². The molecular formula is C15H21N5S. The molecule has 2 N–H and O–H groups in total. The highest BCUT2D eigenvalue weighted by atomic mass is 32.2. The largest absolute Gasteiger partial charge is 0.384 e. The Morgan fingerprint density at radius 2 is 2.14 bits per heavy atom. The molecule has 3 rings (SSSR count). The number of rotatable bonds is 1. The van der Waals surface area contributed by atoms with Crippen LogP contribution < -0.4 is 5.73 Å². The first-order valence-corrected chi connectivity index (χ1v) is 8.08. The molecule has 2 aliphatic rings. The van der Waals surface area contributed by atoms with Crippen molar-refractivity contribution < 1.29 is 0 Å². The lowest BCUT2D eigenvalue weighted by atomic mass is 10.1. The van der Waals surface area contributed by atoms with Gasteiger partial charge in [0.2, 0.25) is 0 Å². The number of likely N-dealkylation sites (tertiary alicyclic amines) is 1. The van der Waals surface area contributed by atoms with Crippen LogP contribution in [0.3, 0.4) is 0 Å². The average Bonchev–Trinajstić information content (AvgIpc) is 3.06. The number of aliphatic imine (C=N–C) groups is 1. The number of hydrogen-bond acceptors (Lipinski definition) is 6. The lowest BCUT2D eigenvalue weighted by molar-refractivity contribution is 0.405. The first kappa shape index (κ1) is 14.4. The minimum absolute atomic E-state index is 0.698. The molecule has 1 aromatic rings. The summed E-state index contributed by atoms with van der Waals surface area (Å²) in [5.74, 6) is 1.53. The lowest BCUT2D eigenvalue weighted by Crippen LogP contribution is -2.27. The van der Waals surface area contributed by atoms with Gasteiger partial charge in [-0.1, -0.05) is 18.7 Å². The predicted molar refractivity (Wildman–Crippen MR) is 86.4 cm³/mol. The average molecular weight is 303 g/mol. The second kappa shape index (κ2) is 5.33. The number of aromatic nitrogens is 2. The summed E-state index contributed by atoms with van der Waals surface area (Å²) in [6.07, 6.45) is 1.20. The van der Waals surface area contributed by atoms with E-state index in [0.717, 1.165) is 51.4 Å². The predicted octanol–water partition coefficient (Wildman–Crippen LogP) is 2.09. The van der Waals surface area contributed by atoms with Crippen molar-refractivity contribution >= 4 is 17.5 Å². The van der Waals surface area contributed by atoms with Crippen LogP contribution in [0.25, 0.3) is 0 Å². The van der Waals surface area contributed by atoms with Crippen molar-refractivity contribution in [1.82, 2.24) is 15.1 Å². The van der Waals surface area contributed by atoms with Gasteiger partial charge in [-0.2, -0.15) is 5.10 Å². The summed E-state index contributed by atoms with van der Waals surface area (Å²) >= 11 is 1.60. The molecule has 0 saturated carbocycles. The molecule has 2 aliphatic heterocycles. The third kappa shape index (κ3) is 2.31. The van der Waals surface area contributed by atoms with Crippen LogP contribution in [0.2, 0.25) is 0 Å². The molecule has 0 aromatic carbocycles. The number of aryl methyl sites for hydroxylation is 1. The molecule has 0 spiro atoms. The van der Waals surface area contributed by atoms with Crippen molar-refractivity contribution in [2.45, 2.75) is 32.2 Å². The fourth-order valence-corrected chi connectivity index (χ4v) is 4.03. The zero-order valence-corrected chi connectivity index (χ0v) is 13.8. The first-order valence-electron chi connectivity index (χ1n) is 7.26. The molecule has 1 aromatic heterocycles. The Morgan fingerprint density at radius 3 is 2.76 bits per heavy atom. The maximum atomic E-state index is 6.44. The molecule has 1 fully saturated rings. The van der Waals surface area contributed by atoms with Gasteiger partial charge in [-0.05, 0) is 31.7 Å². The minimum atomic E-state index is 0.698. The second-order valence-corrected chi connectivity index (χ2v) is 6.82. The van der Waals surface area contributed by atoms with E-state index in [0.29, 0.717) is 5.92 Å². The summed E-state index contributed by atoms with van der Waals surface area (Å²) in [5.41, 5.74) is 10.6. The van der Waals surface area contributed by atoms with Crippen molar-refractivity contribution in [2.75, 3.05) is 20.1 Å². The van der Waals surface area contributed by atoms with E-state index in [1.165, 1.54) is 6.42 Å². The summed E-state index contributed by atoms with van der Waals surface area (Å²) in [6.45, 7) is 8.36. The van der Waals surface area contributed by atoms with Crippen LogP contribution in [-0.4, -0.2) is 40.9 Å². The molecule has 21 heavy (non-hydrogen) atoms. The van der Waals surface area contributed by atoms with Crippen LogP contribution in [0.1, 0.15) is 30.2 Å². The second-order valence-electron chi connectivity index (χ2n) is 5.82. The molecule has 1 atom stereocenters. The number of thioether (sulfide) groups is 1. The molecule has 112 valence electrons. The molecule has 0 amide bonds. The number of hydrogen-bond donors (Lipinski definition) is 1. The van der Waals surface area contributed by atoms with Gasteiger partial charge < -0.3 is 10.6 Å². The van der Waals surface area contributed by atoms with E-state index in [2.05, 4.69) is 33.9 Å². The van der Waals surface area contributed by atoms with Gasteiger partial charge in [0.15, 0.2) is 0 Å². The molecule has 0 unspecified atom stereocenters. The summed E-state index contributed by atoms with van der Waals surface area (Å²) in [6, 6.07) is 0. The van der Waals surface area contributed by atoms with E-state index in [1.54, 1.807) is 11.8 Å². The summed E-state index contributed by atoms with van der Waals surface area (Å²) < 4.78 is 0. The van der Waals surface area contributed by atoms with Crippen LogP contribution in [0.4, 0.5) is 0 Å². The molecule has 6 heteroatoms. The summed E-state index contributed by atoms with van der Waals surface area (Å²) in [4.78, 5) is 7.78. The van der Waals surface area contributed by atoms with Crippen LogP contribution >= 0.6 is 11.8 Å². The van der Waals surface area contributed by atoms with E-state index >= 15 is 0 Å². The van der Waals surface area contributed by atoms with Crippen LogP contribution in [-0.2, 0) is 0 Å². The highest BCUT2D eigenvalue weighted by Gasteiger charge is 2.32. The Balaban J connectivity index is 2.06. The van der Waals surface area contributed by atoms with Gasteiger partial charge in [0, 0.05) is 25.7 Å². The maximum Gasteiger partial charge on any atom is 0.133 e. The van der Waals surface area contributed by atoms with Gasteiger partial charge in [0.25, 0.3) is 0 Å². The van der Waals surface area contributed by atoms with Gasteiger partial charge in [-0.3, -0.25) is 4.99 Å². The Labute approximate surface area is 129 Å². The monoisotopic (exact) mass is 303 g/mol. The number of nitrogens with two attached hydrogens (primary N) is 1. The van der Waals surface area contributed by atoms with E-state index in [4.69, 9.17) is 5.73 Å². The van der Waals surface area contributed by atoms with Gasteiger partial charge in [-0.15, -0.1) is 5.10 Å². The first-order chi connectivity index (χ1) is 10.0. The highest BCUT2D eigenvalue weighted by Crippen LogP contribution is 2.42. The Kier molecular flexibility index (Phi) is 3.65. The molecule has 1 saturated heterocycles. The molecule has 3 heterocycles. The van der Waals surface area contributed by atoms with Crippen molar-refractivity contribution in [3.05, 3.63) is 27.5 Å². The fourth-order valence-electron chi connectivity index (χ4n) is 2.88. The van der Waals surface area contributed by atoms with Crippen LogP contribution in [0, 0.1) is 19.8 Å². The Morgan fingerprint density at radius 1 is 1.38 bits per heavy atom. The van der Waals surface area contributed by atoms with E-state index in [1.807, 2.05) is 14.0 Å². The highest BCUT2D eigenvalue weighted by molar-refractivity contribution is 8.04. The minimum Gasteiger partial charge on any atom is -0.384 e. The van der Waals surface area contributed by atoms with Crippen LogP contribution in [0.15, 0.2) is 20.7 Å². The van der Waals surface area contributed by atoms with Crippen molar-refractivity contribution in [1.29, 1.82) is 0 Å². The Bertz CT molecular complexity index is 650. The Hall–Kier alpha value is -1.56. The number of nitrogens with zero attached hydrogens (tertiary/aromatic N) is 4. The van der Waals surface area contributed by atoms with Crippen molar-refractivity contribution in [2.24, 2.45) is 16.6 Å². The smallest absolute Gasteiger partial charge is 0.133 e. The van der Waals surface area contributed by atoms with Gasteiger partial charge in [-0.25, -0.2) is 0 Å². The van der Waals surface area contributed by atoms with Crippen molar-refractivity contribution in [3.8, 4) is 0 Å². The van der Waals surface area contributed by atoms with Gasteiger partial charge in [0.05, 0.1) is 16.3 Å². The van der Waals surface area contributed by atoms with E-state index in [9.17, 15) is 0 Å². The number of allylic oxidation sites excluding steroid dienone is 1. The molecule has 5 nitrogen and oxygen atoms in total. The lowest BCUT2D eigenvalue weighted by Gasteiger charge is -2.20. The fraction of sp³-hybridized carbons (Fsp3) is 0.533. The number of fused-ring (bicyclic) bond motifs is 1. The van der Waals surface area contributed by atoms with Crippen LogP contribution in [0.5, 0.6) is 0 Å². The molecular weight excluding hydrogens is 282 g/mol. The molecule has 0 bridgehead atoms. The van der Waals surface area contributed by atoms with Gasteiger partial charge in [0.1, 0.15) is 10.8 Å². The third-order valence-corrected chi connectivity index (χ3v) is 5.38. The molecule has 0 radical (unpaired) electrons. The molecule has 0 aliphatic carbocycles. The topological polar surface area (TPSA) is 67.4 Å². The third-order valence-electron chi connectivity index (χ3n) is 4.29. The normalized spacial score (nSPS) is 25.6. The summed E-state index contributed by atoms with van der Waals surface area (Å²) in [7, 11) is 1.82. The van der Waals surface area contributed by atoms with Gasteiger partial charge >= 0.3 is 0 Å². The zero-order valence-electron chi connectivity index (χ0n) is 13.0. The summed E-state index contributed by atoms with van der Waals surface area (Å²) in [5, 5.41) is 9.46. The zero-order chi connectivity index (χ0) is 15.1. The van der Waals surface area contributed by atoms with Crippen molar-refractivity contribution in [3.63, 3.8) is 0 Å². The SMILES string of the molecule is C/N=C1\C(=C(/N)N2CC[C@@H](C)C2)Sc2nnc(C)c(C)c21. The quantitative estimate of drug-likeness (QED) is 0.860. The maximum absolute atomic E-state index is 6.44. The standard InChI is InChI=1S/C15H21N5S/c1-8-5-6-20(7-8)14(16)13-12(17-4)11-9(2)10(3)18-19-15(11)21-13/h8H,5-7,16H2,1-4H3/b14-13-,17-12-/t8-/m1/s1.